The molecule has 1 amide bonds. The zero-order valence-electron chi connectivity index (χ0n) is 15.2. The Balaban J connectivity index is 1.41. The molecule has 1 saturated heterocycles. The van der Waals surface area contributed by atoms with Crippen molar-refractivity contribution in [2.75, 3.05) is 13.1 Å². The monoisotopic (exact) mass is 402 g/mol. The van der Waals surface area contributed by atoms with Gasteiger partial charge in [-0.15, -0.1) is 13.2 Å². The van der Waals surface area contributed by atoms with Gasteiger partial charge >= 0.3 is 6.36 Å². The number of carbonyl (C=O) groups is 1. The summed E-state index contributed by atoms with van der Waals surface area (Å²) in [6.07, 6.45) is -2.59. The summed E-state index contributed by atoms with van der Waals surface area (Å²) in [7, 11) is 0. The third kappa shape index (κ3) is 4.42. The lowest BCUT2D eigenvalue weighted by Gasteiger charge is -2.18. The maximum absolute atomic E-state index is 12.6. The topological polar surface area (TPSA) is 51.7 Å². The summed E-state index contributed by atoms with van der Waals surface area (Å²) in [5.41, 5.74) is 1.06. The Hall–Kier alpha value is -3.29. The van der Waals surface area contributed by atoms with Crippen LogP contribution in [0.4, 0.5) is 13.2 Å². The Morgan fingerprint density at radius 1 is 1.07 bits per heavy atom. The molecule has 0 unspecified atom stereocenters. The second kappa shape index (κ2) is 7.62. The second-order valence-electron chi connectivity index (χ2n) is 6.68. The normalized spacial score (nSPS) is 16.8. The van der Waals surface area contributed by atoms with Gasteiger partial charge in [0.2, 0.25) is 0 Å². The van der Waals surface area contributed by atoms with E-state index in [2.05, 4.69) is 9.72 Å². The number of hydrogen-bond donors (Lipinski definition) is 0. The molecule has 3 aromatic rings. The van der Waals surface area contributed by atoms with Crippen LogP contribution in [-0.2, 0) is 0 Å². The summed E-state index contributed by atoms with van der Waals surface area (Å²) in [5.74, 6) is 0.0434. The highest BCUT2D eigenvalue weighted by Gasteiger charge is 2.32. The van der Waals surface area contributed by atoms with Crippen LogP contribution >= 0.6 is 0 Å². The third-order valence-corrected chi connectivity index (χ3v) is 4.66. The molecule has 4 rings (SSSR count). The van der Waals surface area contributed by atoms with E-state index < -0.39 is 6.36 Å². The first-order valence-corrected chi connectivity index (χ1v) is 9.04. The minimum absolute atomic E-state index is 0.181. The van der Waals surface area contributed by atoms with Crippen LogP contribution in [0.1, 0.15) is 16.8 Å². The molecule has 1 aliphatic rings. The van der Waals surface area contributed by atoms with Crippen molar-refractivity contribution in [1.82, 2.24) is 9.88 Å². The van der Waals surface area contributed by atoms with Crippen molar-refractivity contribution in [2.24, 2.45) is 0 Å². The summed E-state index contributed by atoms with van der Waals surface area (Å²) in [5, 5.41) is 0.970. The van der Waals surface area contributed by atoms with Gasteiger partial charge in [-0.1, -0.05) is 18.2 Å². The Morgan fingerprint density at radius 3 is 2.59 bits per heavy atom. The first kappa shape index (κ1) is 19.0. The zero-order valence-corrected chi connectivity index (χ0v) is 15.2. The predicted molar refractivity (Wildman–Crippen MR) is 99.8 cm³/mol. The Labute approximate surface area is 164 Å². The molecule has 2 aromatic carbocycles. The van der Waals surface area contributed by atoms with E-state index in [1.165, 1.54) is 12.1 Å². The molecule has 0 saturated carbocycles. The summed E-state index contributed by atoms with van der Waals surface area (Å²) in [4.78, 5) is 18.6. The van der Waals surface area contributed by atoms with Crippen LogP contribution in [0, 0.1) is 0 Å². The maximum atomic E-state index is 12.6. The summed E-state index contributed by atoms with van der Waals surface area (Å²) in [6.45, 7) is 0.894. The lowest BCUT2D eigenvalue weighted by molar-refractivity contribution is -0.274. The summed E-state index contributed by atoms with van der Waals surface area (Å²) >= 11 is 0. The van der Waals surface area contributed by atoms with Gasteiger partial charge in [0.25, 0.3) is 5.91 Å². The van der Waals surface area contributed by atoms with E-state index in [0.717, 1.165) is 23.0 Å². The van der Waals surface area contributed by atoms with Crippen LogP contribution in [0.3, 0.4) is 0 Å². The van der Waals surface area contributed by atoms with Crippen LogP contribution in [-0.4, -0.2) is 41.3 Å². The molecule has 1 aliphatic heterocycles. The molecule has 0 spiro atoms. The number of alkyl halides is 3. The number of likely N-dealkylation sites (tertiary alicyclic amines) is 1. The highest BCUT2D eigenvalue weighted by Crippen LogP contribution is 2.27. The molecule has 0 aliphatic carbocycles. The number of amides is 1. The van der Waals surface area contributed by atoms with E-state index in [4.69, 9.17) is 4.74 Å². The summed E-state index contributed by atoms with van der Waals surface area (Å²) < 4.78 is 46.7. The van der Waals surface area contributed by atoms with E-state index >= 15 is 0 Å². The van der Waals surface area contributed by atoms with E-state index in [1.807, 2.05) is 30.3 Å². The predicted octanol–water partition coefficient (Wildman–Crippen LogP) is 4.43. The number of nitrogens with zero attached hydrogens (tertiary/aromatic N) is 2. The van der Waals surface area contributed by atoms with Crippen LogP contribution < -0.4 is 9.47 Å². The second-order valence-corrected chi connectivity index (χ2v) is 6.68. The van der Waals surface area contributed by atoms with Crippen molar-refractivity contribution in [3.63, 3.8) is 0 Å². The minimum atomic E-state index is -4.76. The highest BCUT2D eigenvalue weighted by molar-refractivity contribution is 5.94. The van der Waals surface area contributed by atoms with Gasteiger partial charge < -0.3 is 14.4 Å². The first-order chi connectivity index (χ1) is 13.9. The Kier molecular flexibility index (Phi) is 5.00. The molecule has 8 heteroatoms. The van der Waals surface area contributed by atoms with Crippen molar-refractivity contribution in [3.05, 3.63) is 66.4 Å². The number of pyridine rings is 1. The van der Waals surface area contributed by atoms with Crippen molar-refractivity contribution in [2.45, 2.75) is 18.9 Å². The highest BCUT2D eigenvalue weighted by atomic mass is 19.4. The Bertz CT molecular complexity index is 1020. The van der Waals surface area contributed by atoms with Crippen molar-refractivity contribution < 1.29 is 27.4 Å². The van der Waals surface area contributed by atoms with E-state index in [9.17, 15) is 18.0 Å². The van der Waals surface area contributed by atoms with Gasteiger partial charge in [0, 0.05) is 30.1 Å². The third-order valence-electron chi connectivity index (χ3n) is 4.66. The molecule has 0 bridgehead atoms. The smallest absolute Gasteiger partial charge is 0.486 e. The van der Waals surface area contributed by atoms with Crippen LogP contribution in [0.5, 0.6) is 11.5 Å². The molecular weight excluding hydrogens is 385 g/mol. The number of rotatable bonds is 4. The number of ether oxygens (including phenoxy) is 2. The van der Waals surface area contributed by atoms with Gasteiger partial charge in [-0.2, -0.15) is 0 Å². The number of para-hydroxylation sites is 1. The van der Waals surface area contributed by atoms with Gasteiger partial charge in [-0.25, -0.2) is 0 Å². The molecule has 1 atom stereocenters. The first-order valence-electron chi connectivity index (χ1n) is 9.04. The molecule has 1 fully saturated rings. The molecule has 0 radical (unpaired) electrons. The zero-order chi connectivity index (χ0) is 20.4. The number of carbonyl (C=O) groups excluding carboxylic acids is 1. The fourth-order valence-corrected chi connectivity index (χ4v) is 3.34. The van der Waals surface area contributed by atoms with Crippen molar-refractivity contribution in [1.29, 1.82) is 0 Å². The SMILES string of the molecule is O=C(c1ccc(OC(F)(F)F)cc1)N1CC[C@@H](Oc2cccc3cccnc23)C1. The lowest BCUT2D eigenvalue weighted by Crippen LogP contribution is -2.31. The Morgan fingerprint density at radius 2 is 1.83 bits per heavy atom. The molecule has 29 heavy (non-hydrogen) atoms. The lowest BCUT2D eigenvalue weighted by atomic mass is 10.2. The fraction of sp³-hybridized carbons (Fsp3) is 0.238. The van der Waals surface area contributed by atoms with Gasteiger partial charge in [0.15, 0.2) is 0 Å². The van der Waals surface area contributed by atoms with E-state index in [-0.39, 0.29) is 17.8 Å². The molecule has 1 aromatic heterocycles. The van der Waals surface area contributed by atoms with Crippen LogP contribution in [0.25, 0.3) is 10.9 Å². The minimum Gasteiger partial charge on any atom is -0.486 e. The van der Waals surface area contributed by atoms with Gasteiger partial charge in [0.1, 0.15) is 23.1 Å². The largest absolute Gasteiger partial charge is 0.573 e. The molecular formula is C21H17F3N2O3. The van der Waals surface area contributed by atoms with Crippen LogP contribution in [0.2, 0.25) is 0 Å². The van der Waals surface area contributed by atoms with E-state index in [0.29, 0.717) is 30.8 Å². The van der Waals surface area contributed by atoms with Gasteiger partial charge in [-0.3, -0.25) is 9.78 Å². The number of hydrogen-bond acceptors (Lipinski definition) is 4. The molecule has 0 N–H and O–H groups in total. The number of halogens is 3. The van der Waals surface area contributed by atoms with Crippen LogP contribution in [0.15, 0.2) is 60.8 Å². The van der Waals surface area contributed by atoms with E-state index in [1.54, 1.807) is 11.1 Å². The van der Waals surface area contributed by atoms with Gasteiger partial charge in [-0.05, 0) is 36.4 Å². The average Bonchev–Trinajstić information content (AvgIpc) is 3.16. The fourth-order valence-electron chi connectivity index (χ4n) is 3.34. The molecule has 5 nitrogen and oxygen atoms in total. The number of benzene rings is 2. The number of aromatic nitrogens is 1. The summed E-state index contributed by atoms with van der Waals surface area (Å²) in [6, 6.07) is 14.4. The molecule has 2 heterocycles. The van der Waals surface area contributed by atoms with Crippen molar-refractivity contribution >= 4 is 16.8 Å². The average molecular weight is 402 g/mol. The van der Waals surface area contributed by atoms with Crippen molar-refractivity contribution in [3.8, 4) is 11.5 Å². The number of fused-ring (bicyclic) bond motifs is 1. The maximum Gasteiger partial charge on any atom is 0.573 e. The quantitative estimate of drug-likeness (QED) is 0.648. The molecule has 150 valence electrons. The van der Waals surface area contributed by atoms with Gasteiger partial charge in [0.05, 0.1) is 6.54 Å². The standard InChI is InChI=1S/C21H17F3N2O3/c22-21(23,24)29-16-8-6-15(7-9-16)20(27)26-12-10-17(13-26)28-18-5-1-3-14-4-2-11-25-19(14)18/h1-9,11,17H,10,12-13H2/t17-/m1/s1.